The van der Waals surface area contributed by atoms with Crippen LogP contribution >= 0.6 is 0 Å². The molecule has 2 amide bonds. The molecule has 0 aliphatic rings. The van der Waals surface area contributed by atoms with Crippen molar-refractivity contribution in [2.24, 2.45) is 28.1 Å². The third-order valence-corrected chi connectivity index (χ3v) is 4.24. The molecule has 0 aliphatic heterocycles. The van der Waals surface area contributed by atoms with Gasteiger partial charge in [-0.1, -0.05) is 13.8 Å². The van der Waals surface area contributed by atoms with E-state index in [-0.39, 0.29) is 18.3 Å². The lowest BCUT2D eigenvalue weighted by atomic mass is 10.0. The van der Waals surface area contributed by atoms with Gasteiger partial charge in [-0.25, -0.2) is 9.78 Å². The van der Waals surface area contributed by atoms with E-state index in [0.717, 1.165) is 0 Å². The monoisotopic (exact) mass is 424 g/mol. The second-order valence-electron chi connectivity index (χ2n) is 7.43. The normalized spacial score (nSPS) is 13.9. The van der Waals surface area contributed by atoms with Gasteiger partial charge in [-0.3, -0.25) is 14.6 Å². The van der Waals surface area contributed by atoms with Gasteiger partial charge in [-0.2, -0.15) is 0 Å². The molecule has 0 saturated carbocycles. The Bertz CT molecular complexity index is 716. The van der Waals surface area contributed by atoms with E-state index in [9.17, 15) is 19.5 Å². The molecule has 0 aromatic carbocycles. The van der Waals surface area contributed by atoms with Gasteiger partial charge in [-0.15, -0.1) is 0 Å². The molecule has 0 bridgehead atoms. The summed E-state index contributed by atoms with van der Waals surface area (Å²) in [6.07, 6.45) is 4.10. The molecule has 10 N–H and O–H groups in total. The molecule has 0 aliphatic carbocycles. The number of hydrogen-bond acceptors (Lipinski definition) is 6. The van der Waals surface area contributed by atoms with Crippen LogP contribution in [0.5, 0.6) is 0 Å². The lowest BCUT2D eigenvalue weighted by Gasteiger charge is -2.24. The molecule has 1 heterocycles. The minimum atomic E-state index is -1.19. The highest BCUT2D eigenvalue weighted by molar-refractivity contribution is 5.91. The highest BCUT2D eigenvalue weighted by atomic mass is 16.4. The first-order valence-electron chi connectivity index (χ1n) is 9.71. The van der Waals surface area contributed by atoms with Crippen LogP contribution in [-0.4, -0.2) is 63.5 Å². The van der Waals surface area contributed by atoms with Crippen molar-refractivity contribution in [2.75, 3.05) is 6.54 Å². The van der Waals surface area contributed by atoms with Gasteiger partial charge in [0.15, 0.2) is 5.96 Å². The Kier molecular flexibility index (Phi) is 10.3. The molecule has 1 rings (SSSR count). The van der Waals surface area contributed by atoms with Crippen molar-refractivity contribution in [3.8, 4) is 0 Å². The number of carboxylic acid groups (broad SMARTS) is 1. The van der Waals surface area contributed by atoms with Crippen molar-refractivity contribution in [1.82, 2.24) is 20.6 Å². The van der Waals surface area contributed by atoms with Gasteiger partial charge in [0.2, 0.25) is 11.8 Å². The molecule has 3 unspecified atom stereocenters. The third-order valence-electron chi connectivity index (χ3n) is 4.24. The summed E-state index contributed by atoms with van der Waals surface area (Å²) >= 11 is 0. The molecule has 1 aromatic heterocycles. The van der Waals surface area contributed by atoms with Gasteiger partial charge < -0.3 is 37.9 Å². The lowest BCUT2D eigenvalue weighted by molar-refractivity contribution is -0.142. The van der Waals surface area contributed by atoms with Crippen molar-refractivity contribution >= 4 is 23.7 Å². The molecule has 0 radical (unpaired) electrons. The number of imidazole rings is 1. The van der Waals surface area contributed by atoms with Crippen molar-refractivity contribution in [3.63, 3.8) is 0 Å². The van der Waals surface area contributed by atoms with E-state index in [1.165, 1.54) is 12.5 Å². The first-order valence-corrected chi connectivity index (χ1v) is 9.71. The Balaban J connectivity index is 2.71. The Hall–Kier alpha value is -3.15. The summed E-state index contributed by atoms with van der Waals surface area (Å²) in [7, 11) is 0. The topological polar surface area (TPSA) is 215 Å². The van der Waals surface area contributed by atoms with E-state index in [1.54, 1.807) is 0 Å². The molecule has 0 fully saturated rings. The Morgan fingerprint density at radius 2 is 1.87 bits per heavy atom. The molecule has 12 heteroatoms. The summed E-state index contributed by atoms with van der Waals surface area (Å²) in [5.74, 6) is -2.23. The minimum Gasteiger partial charge on any atom is -0.480 e. The number of rotatable bonds is 13. The molecule has 0 saturated heterocycles. The zero-order valence-electron chi connectivity index (χ0n) is 17.3. The van der Waals surface area contributed by atoms with E-state index in [0.29, 0.717) is 31.5 Å². The minimum absolute atomic E-state index is 0.0354. The highest BCUT2D eigenvalue weighted by Gasteiger charge is 2.28. The van der Waals surface area contributed by atoms with Crippen LogP contribution in [0.15, 0.2) is 17.5 Å². The summed E-state index contributed by atoms with van der Waals surface area (Å²) in [5, 5.41) is 14.5. The molecule has 30 heavy (non-hydrogen) atoms. The van der Waals surface area contributed by atoms with E-state index in [2.05, 4.69) is 25.6 Å². The fourth-order valence-electron chi connectivity index (χ4n) is 2.72. The van der Waals surface area contributed by atoms with Crippen molar-refractivity contribution in [3.05, 3.63) is 18.2 Å². The molecule has 12 nitrogen and oxygen atoms in total. The molecular weight excluding hydrogens is 392 g/mol. The van der Waals surface area contributed by atoms with E-state index in [4.69, 9.17) is 17.2 Å². The van der Waals surface area contributed by atoms with Crippen LogP contribution in [0.3, 0.4) is 0 Å². The Morgan fingerprint density at radius 1 is 1.20 bits per heavy atom. The third kappa shape index (κ3) is 9.37. The number of H-pyrrole nitrogens is 1. The maximum absolute atomic E-state index is 12.7. The molecule has 1 aromatic rings. The van der Waals surface area contributed by atoms with Gasteiger partial charge in [0.05, 0.1) is 12.4 Å². The van der Waals surface area contributed by atoms with Crippen LogP contribution in [-0.2, 0) is 20.8 Å². The number of aliphatic carboxylic acids is 1. The zero-order valence-corrected chi connectivity index (χ0v) is 17.3. The van der Waals surface area contributed by atoms with E-state index < -0.39 is 35.9 Å². The fraction of sp³-hybridized carbons (Fsp3) is 0.611. The van der Waals surface area contributed by atoms with Gasteiger partial charge in [-0.05, 0) is 25.2 Å². The first-order chi connectivity index (χ1) is 14.1. The number of nitrogens with zero attached hydrogens (tertiary/aromatic N) is 2. The second kappa shape index (κ2) is 12.4. The summed E-state index contributed by atoms with van der Waals surface area (Å²) < 4.78 is 0. The predicted molar refractivity (Wildman–Crippen MR) is 111 cm³/mol. The highest BCUT2D eigenvalue weighted by Crippen LogP contribution is 2.08. The van der Waals surface area contributed by atoms with Crippen LogP contribution in [0.1, 0.15) is 38.8 Å². The predicted octanol–water partition coefficient (Wildman–Crippen LogP) is -1.57. The average Bonchev–Trinajstić information content (AvgIpc) is 3.16. The summed E-state index contributed by atoms with van der Waals surface area (Å²) in [4.78, 5) is 47.1. The molecule has 168 valence electrons. The number of nitrogens with two attached hydrogens (primary N) is 3. The number of hydrogen-bond donors (Lipinski definition) is 7. The fourth-order valence-corrected chi connectivity index (χ4v) is 2.72. The summed E-state index contributed by atoms with van der Waals surface area (Å²) in [5.41, 5.74) is 16.9. The number of carbonyl (C=O) groups is 3. The van der Waals surface area contributed by atoms with Crippen LogP contribution in [0.25, 0.3) is 0 Å². The zero-order chi connectivity index (χ0) is 22.7. The van der Waals surface area contributed by atoms with Gasteiger partial charge in [0.1, 0.15) is 12.1 Å². The molecule has 3 atom stereocenters. The van der Waals surface area contributed by atoms with Crippen molar-refractivity contribution in [1.29, 1.82) is 0 Å². The number of aromatic amines is 1. The Labute approximate surface area is 175 Å². The summed E-state index contributed by atoms with van der Waals surface area (Å²) in [6, 6.07) is -2.93. The van der Waals surface area contributed by atoms with Crippen LogP contribution in [0.4, 0.5) is 0 Å². The van der Waals surface area contributed by atoms with Crippen LogP contribution < -0.4 is 27.8 Å². The maximum Gasteiger partial charge on any atom is 0.326 e. The van der Waals surface area contributed by atoms with Gasteiger partial charge >= 0.3 is 5.97 Å². The SMILES string of the molecule is CC(C)CC(NC(=O)C(N)CCCN=C(N)N)C(=O)NC(Cc1cnc[nH]1)C(=O)O. The quantitative estimate of drug-likeness (QED) is 0.111. The van der Waals surface area contributed by atoms with Crippen LogP contribution in [0, 0.1) is 5.92 Å². The number of aliphatic imine (C=N–C) groups is 1. The second-order valence-corrected chi connectivity index (χ2v) is 7.43. The number of carbonyl (C=O) groups excluding carboxylic acids is 2. The number of nitrogens with one attached hydrogen (secondary N) is 3. The Morgan fingerprint density at radius 3 is 2.40 bits per heavy atom. The molecular formula is C18H32N8O4. The van der Waals surface area contributed by atoms with E-state index >= 15 is 0 Å². The standard InChI is InChI=1S/C18H32N8O4/c1-10(2)6-13(25-15(27)12(19)4-3-5-23-18(20)21)16(28)26-14(17(29)30)7-11-8-22-9-24-11/h8-10,12-14H,3-7,19H2,1-2H3,(H,22,24)(H,25,27)(H,26,28)(H,29,30)(H4,20,21,23). The van der Waals surface area contributed by atoms with Crippen molar-refractivity contribution < 1.29 is 19.5 Å². The number of carboxylic acids is 1. The smallest absolute Gasteiger partial charge is 0.326 e. The maximum atomic E-state index is 12.7. The first kappa shape index (κ1) is 24.9. The number of amides is 2. The van der Waals surface area contributed by atoms with E-state index in [1.807, 2.05) is 13.8 Å². The lowest BCUT2D eigenvalue weighted by Crippen LogP contribution is -2.55. The average molecular weight is 425 g/mol. The van der Waals surface area contributed by atoms with Crippen LogP contribution in [0.2, 0.25) is 0 Å². The molecule has 0 spiro atoms. The van der Waals surface area contributed by atoms with Gasteiger partial charge in [0.25, 0.3) is 0 Å². The van der Waals surface area contributed by atoms with Crippen molar-refractivity contribution in [2.45, 2.75) is 57.7 Å². The number of guanidine groups is 1. The largest absolute Gasteiger partial charge is 0.480 e. The summed E-state index contributed by atoms with van der Waals surface area (Å²) in [6.45, 7) is 4.12. The number of aromatic nitrogens is 2. The van der Waals surface area contributed by atoms with Gasteiger partial charge in [0, 0.05) is 24.9 Å².